The quantitative estimate of drug-likeness (QED) is 0.459. The van der Waals surface area contributed by atoms with Gasteiger partial charge in [0.15, 0.2) is 0 Å². The van der Waals surface area contributed by atoms with Gasteiger partial charge in [-0.2, -0.15) is 0 Å². The lowest BCUT2D eigenvalue weighted by Crippen LogP contribution is -2.60. The van der Waals surface area contributed by atoms with Crippen molar-refractivity contribution < 1.29 is 14.2 Å². The van der Waals surface area contributed by atoms with Gasteiger partial charge in [0.05, 0.1) is 26.9 Å². The predicted octanol–water partition coefficient (Wildman–Crippen LogP) is 5.52. The molecule has 3 fully saturated rings. The second-order valence-electron chi connectivity index (χ2n) is 9.16. The Kier molecular flexibility index (Phi) is 6.65. The molecule has 3 aliphatic heterocycles. The van der Waals surface area contributed by atoms with E-state index in [2.05, 4.69) is 65.6 Å². The third-order valence-corrected chi connectivity index (χ3v) is 7.31. The lowest BCUT2D eigenvalue weighted by atomic mass is 9.72. The molecule has 0 saturated carbocycles. The van der Waals surface area contributed by atoms with Gasteiger partial charge in [-0.25, -0.2) is 0 Å². The average Bonchev–Trinajstić information content (AvgIpc) is 2.89. The maximum Gasteiger partial charge on any atom is 0.122 e. The van der Waals surface area contributed by atoms with Crippen molar-refractivity contribution in [3.8, 4) is 11.5 Å². The number of benzene rings is 3. The number of rotatable bonds is 8. The van der Waals surface area contributed by atoms with Gasteiger partial charge in [0, 0.05) is 18.0 Å². The van der Waals surface area contributed by atoms with Gasteiger partial charge in [0.1, 0.15) is 11.5 Å². The van der Waals surface area contributed by atoms with Crippen LogP contribution < -0.4 is 9.47 Å². The van der Waals surface area contributed by atoms with Gasteiger partial charge >= 0.3 is 0 Å². The van der Waals surface area contributed by atoms with Crippen molar-refractivity contribution in [1.82, 2.24) is 4.90 Å². The Morgan fingerprint density at radius 2 is 1.33 bits per heavy atom. The summed E-state index contributed by atoms with van der Waals surface area (Å²) in [5.41, 5.74) is 3.80. The van der Waals surface area contributed by atoms with E-state index < -0.39 is 0 Å². The summed E-state index contributed by atoms with van der Waals surface area (Å²) in [4.78, 5) is 2.67. The number of ether oxygens (including phenoxy) is 3. The summed E-state index contributed by atoms with van der Waals surface area (Å²) < 4.78 is 17.7. The van der Waals surface area contributed by atoms with E-state index in [0.29, 0.717) is 18.6 Å². The van der Waals surface area contributed by atoms with Crippen LogP contribution in [0.5, 0.6) is 11.5 Å². The molecule has 4 heteroatoms. The molecule has 3 heterocycles. The molecule has 3 aromatic rings. The van der Waals surface area contributed by atoms with E-state index in [-0.39, 0.29) is 12.0 Å². The largest absolute Gasteiger partial charge is 0.497 e. The summed E-state index contributed by atoms with van der Waals surface area (Å²) in [6.45, 7) is 2.85. The van der Waals surface area contributed by atoms with E-state index in [1.165, 1.54) is 24.0 Å². The molecule has 0 unspecified atom stereocenters. The van der Waals surface area contributed by atoms with Crippen molar-refractivity contribution >= 4 is 0 Å². The fraction of sp³-hybridized carbons (Fsp3) is 0.379. The van der Waals surface area contributed by atoms with E-state index in [4.69, 9.17) is 14.2 Å². The van der Waals surface area contributed by atoms with Crippen LogP contribution in [0.1, 0.15) is 35.4 Å². The molecule has 33 heavy (non-hydrogen) atoms. The van der Waals surface area contributed by atoms with Crippen LogP contribution in [0.3, 0.4) is 0 Å². The van der Waals surface area contributed by atoms with Gasteiger partial charge < -0.3 is 14.2 Å². The summed E-state index contributed by atoms with van der Waals surface area (Å²) in [5.74, 6) is 2.46. The van der Waals surface area contributed by atoms with Crippen molar-refractivity contribution in [2.24, 2.45) is 5.92 Å². The number of hydrogen-bond donors (Lipinski definition) is 0. The monoisotopic (exact) mass is 443 g/mol. The molecular formula is C29H33NO3. The second-order valence-corrected chi connectivity index (χ2v) is 9.16. The Morgan fingerprint density at radius 3 is 1.85 bits per heavy atom. The highest BCUT2D eigenvalue weighted by Crippen LogP contribution is 2.43. The van der Waals surface area contributed by atoms with Crippen molar-refractivity contribution in [3.63, 3.8) is 0 Å². The molecule has 3 aromatic carbocycles. The lowest BCUT2D eigenvalue weighted by molar-refractivity contribution is -0.120. The first-order chi connectivity index (χ1) is 16.3. The Balaban J connectivity index is 1.47. The summed E-state index contributed by atoms with van der Waals surface area (Å²) >= 11 is 0. The highest BCUT2D eigenvalue weighted by atomic mass is 16.5. The van der Waals surface area contributed by atoms with Crippen LogP contribution in [0.2, 0.25) is 0 Å². The third kappa shape index (κ3) is 4.64. The van der Waals surface area contributed by atoms with Gasteiger partial charge in [-0.1, -0.05) is 60.7 Å². The molecule has 3 aliphatic rings. The zero-order valence-corrected chi connectivity index (χ0v) is 19.5. The first kappa shape index (κ1) is 22.0. The van der Waals surface area contributed by atoms with Gasteiger partial charge in [-0.15, -0.1) is 0 Å². The second kappa shape index (κ2) is 9.98. The molecule has 0 radical (unpaired) electrons. The Morgan fingerprint density at radius 1 is 0.788 bits per heavy atom. The van der Waals surface area contributed by atoms with E-state index in [9.17, 15) is 0 Å². The minimum atomic E-state index is 0.176. The number of fused-ring (bicyclic) bond motifs is 3. The molecule has 0 aliphatic carbocycles. The Labute approximate surface area is 197 Å². The van der Waals surface area contributed by atoms with Crippen LogP contribution in [0.4, 0.5) is 0 Å². The third-order valence-electron chi connectivity index (χ3n) is 7.31. The summed E-state index contributed by atoms with van der Waals surface area (Å²) in [6, 6.07) is 28.2. The number of methoxy groups -OCH3 is 2. The standard InChI is InChI=1S/C29H33NO3/c1-31-25-17-21(18-26(19-25)32-2)20-33-29-24-13-15-30(16-14-24)28(29)27(22-9-5-3-6-10-22)23-11-7-4-8-12-23/h3-12,17-19,24,27-29H,13-16,20H2,1-2H3/t28-,29-/m1/s1. The topological polar surface area (TPSA) is 30.9 Å². The van der Waals surface area contributed by atoms with Crippen molar-refractivity contribution in [1.29, 1.82) is 0 Å². The molecule has 0 N–H and O–H groups in total. The lowest BCUT2D eigenvalue weighted by Gasteiger charge is -2.53. The molecule has 3 saturated heterocycles. The zero-order chi connectivity index (χ0) is 22.6. The zero-order valence-electron chi connectivity index (χ0n) is 19.5. The van der Waals surface area contributed by atoms with Crippen LogP contribution in [-0.2, 0) is 11.3 Å². The molecular weight excluding hydrogens is 410 g/mol. The minimum absolute atomic E-state index is 0.176. The molecule has 4 nitrogen and oxygen atoms in total. The first-order valence-electron chi connectivity index (χ1n) is 11.9. The predicted molar refractivity (Wildman–Crippen MR) is 131 cm³/mol. The smallest absolute Gasteiger partial charge is 0.122 e. The van der Waals surface area contributed by atoms with Crippen molar-refractivity contribution in [2.45, 2.75) is 37.5 Å². The van der Waals surface area contributed by atoms with Gasteiger partial charge in [-0.3, -0.25) is 4.90 Å². The summed E-state index contributed by atoms with van der Waals surface area (Å²) in [5, 5.41) is 0. The highest BCUT2D eigenvalue weighted by Gasteiger charge is 2.47. The first-order valence-corrected chi connectivity index (χ1v) is 11.9. The summed E-state index contributed by atoms with van der Waals surface area (Å²) in [7, 11) is 3.38. The molecule has 2 atom stereocenters. The van der Waals surface area contributed by atoms with Gasteiger partial charge in [-0.05, 0) is 60.7 Å². The maximum atomic E-state index is 6.79. The Hall–Kier alpha value is -2.82. The number of nitrogens with zero attached hydrogens (tertiary/aromatic N) is 1. The van der Waals surface area contributed by atoms with E-state index in [1.54, 1.807) is 14.2 Å². The van der Waals surface area contributed by atoms with Crippen LogP contribution in [-0.4, -0.2) is 44.4 Å². The maximum absolute atomic E-state index is 6.79. The average molecular weight is 444 g/mol. The van der Waals surface area contributed by atoms with Crippen LogP contribution in [0.15, 0.2) is 78.9 Å². The molecule has 0 spiro atoms. The molecule has 0 amide bonds. The highest BCUT2D eigenvalue weighted by molar-refractivity contribution is 5.38. The van der Waals surface area contributed by atoms with E-state index in [0.717, 1.165) is 30.2 Å². The van der Waals surface area contributed by atoms with Crippen LogP contribution in [0.25, 0.3) is 0 Å². The number of hydrogen-bond acceptors (Lipinski definition) is 4. The molecule has 0 aromatic heterocycles. The fourth-order valence-electron chi connectivity index (χ4n) is 5.72. The fourth-order valence-corrected chi connectivity index (χ4v) is 5.72. The van der Waals surface area contributed by atoms with Crippen LogP contribution in [0, 0.1) is 5.92 Å². The van der Waals surface area contributed by atoms with E-state index >= 15 is 0 Å². The van der Waals surface area contributed by atoms with Crippen LogP contribution >= 0.6 is 0 Å². The normalized spacial score (nSPS) is 24.1. The van der Waals surface area contributed by atoms with Crippen molar-refractivity contribution in [2.75, 3.05) is 27.3 Å². The van der Waals surface area contributed by atoms with Gasteiger partial charge in [0.25, 0.3) is 0 Å². The van der Waals surface area contributed by atoms with E-state index in [1.807, 2.05) is 18.2 Å². The number of piperidine rings is 3. The van der Waals surface area contributed by atoms with Crippen molar-refractivity contribution in [3.05, 3.63) is 95.6 Å². The SMILES string of the molecule is COc1cc(CO[C@@H]2C3CCN(CC3)[C@@H]2C(c2ccccc2)c2ccccc2)cc(OC)c1. The summed E-state index contributed by atoms with van der Waals surface area (Å²) in [6.07, 6.45) is 2.59. The molecule has 172 valence electrons. The minimum Gasteiger partial charge on any atom is -0.497 e. The molecule has 6 rings (SSSR count). The molecule has 2 bridgehead atoms. The Bertz CT molecular complexity index is 969. The van der Waals surface area contributed by atoms with Gasteiger partial charge in [0.2, 0.25) is 0 Å².